The summed E-state index contributed by atoms with van der Waals surface area (Å²) in [6.45, 7) is 0.733. The summed E-state index contributed by atoms with van der Waals surface area (Å²) in [5, 5.41) is 5.24. The number of anilines is 1. The van der Waals surface area contributed by atoms with Gasteiger partial charge in [-0.15, -0.1) is 0 Å². The molecule has 1 saturated carbocycles. The van der Waals surface area contributed by atoms with Crippen molar-refractivity contribution in [3.8, 4) is 0 Å². The van der Waals surface area contributed by atoms with Gasteiger partial charge in [0.15, 0.2) is 0 Å². The predicted molar refractivity (Wildman–Crippen MR) is 121 cm³/mol. The molecule has 2 fully saturated rings. The maximum absolute atomic E-state index is 12.8. The minimum Gasteiger partial charge on any atom is -0.326 e. The zero-order chi connectivity index (χ0) is 23.1. The molecule has 4 N–H and O–H groups in total. The highest BCUT2D eigenvalue weighted by molar-refractivity contribution is 6.05. The van der Waals surface area contributed by atoms with Crippen molar-refractivity contribution in [3.63, 3.8) is 0 Å². The molecule has 3 aliphatic rings. The van der Waals surface area contributed by atoms with E-state index in [0.717, 1.165) is 22.4 Å². The average Bonchev–Trinajstić information content (AvgIpc) is 3.58. The highest BCUT2D eigenvalue weighted by Crippen LogP contribution is 2.42. The van der Waals surface area contributed by atoms with Crippen molar-refractivity contribution < 1.29 is 19.2 Å². The van der Waals surface area contributed by atoms with Crippen LogP contribution in [-0.2, 0) is 33.9 Å². The Hall–Kier alpha value is -3.52. The third-order valence-corrected chi connectivity index (χ3v) is 6.62. The number of nitrogens with two attached hydrogens (primary N) is 1. The van der Waals surface area contributed by atoms with Gasteiger partial charge in [-0.2, -0.15) is 0 Å². The van der Waals surface area contributed by atoms with Gasteiger partial charge in [0.2, 0.25) is 17.7 Å². The van der Waals surface area contributed by atoms with Crippen molar-refractivity contribution in [1.29, 1.82) is 0 Å². The Bertz CT molecular complexity index is 1170. The lowest BCUT2D eigenvalue weighted by Gasteiger charge is -2.29. The first-order valence-corrected chi connectivity index (χ1v) is 11.3. The lowest BCUT2D eigenvalue weighted by Crippen LogP contribution is -2.52. The van der Waals surface area contributed by atoms with Crippen LogP contribution in [-0.4, -0.2) is 34.6 Å². The van der Waals surface area contributed by atoms with Gasteiger partial charge in [-0.1, -0.05) is 18.2 Å². The fraction of sp³-hybridized carbons (Fsp3) is 0.360. The Labute approximate surface area is 191 Å². The first kappa shape index (κ1) is 21.3. The molecule has 0 spiro atoms. The fourth-order valence-corrected chi connectivity index (χ4v) is 4.78. The number of fused-ring (bicyclic) bond motifs is 1. The number of carbonyl (C=O) groups is 4. The van der Waals surface area contributed by atoms with Gasteiger partial charge in [-0.25, -0.2) is 0 Å². The van der Waals surface area contributed by atoms with Crippen molar-refractivity contribution in [3.05, 3.63) is 64.2 Å². The van der Waals surface area contributed by atoms with Crippen LogP contribution in [0.1, 0.15) is 64.2 Å². The Morgan fingerprint density at radius 1 is 1.09 bits per heavy atom. The minimum atomic E-state index is -0.648. The van der Waals surface area contributed by atoms with Crippen molar-refractivity contribution in [2.24, 2.45) is 5.73 Å². The summed E-state index contributed by atoms with van der Waals surface area (Å²) in [6.07, 6.45) is 3.10. The number of nitrogens with zero attached hydrogens (tertiary/aromatic N) is 1. The Kier molecular flexibility index (Phi) is 5.46. The largest absolute Gasteiger partial charge is 0.326 e. The molecule has 2 heterocycles. The van der Waals surface area contributed by atoms with E-state index in [1.54, 1.807) is 12.1 Å². The van der Waals surface area contributed by atoms with E-state index in [2.05, 4.69) is 16.7 Å². The molecule has 1 atom stereocenters. The standard InChI is InChI=1S/C25H26N4O4/c26-12-16-11-18(4-6-19(16)15-2-3-15)27-23(31)10-14-1-5-20-17(9-14)13-29(25(20)33)21-7-8-22(30)28-24(21)32/h1,4-6,9,11,15,21H,2-3,7-8,10,12-13,26H2,(H,27,31)(H,28,30,32). The van der Waals surface area contributed by atoms with Gasteiger partial charge in [0.1, 0.15) is 6.04 Å². The van der Waals surface area contributed by atoms with Crippen LogP contribution in [0.3, 0.4) is 0 Å². The van der Waals surface area contributed by atoms with Crippen LogP contribution in [0, 0.1) is 0 Å². The number of carbonyl (C=O) groups excluding carboxylic acids is 4. The third kappa shape index (κ3) is 4.26. The SMILES string of the molecule is NCc1cc(NC(=O)Cc2ccc3c(c2)CN(C2CCC(=O)NC2=O)C3=O)ccc1C1CC1. The van der Waals surface area contributed by atoms with E-state index in [1.165, 1.54) is 23.3 Å². The number of benzene rings is 2. The molecule has 1 unspecified atom stereocenters. The van der Waals surface area contributed by atoms with E-state index < -0.39 is 11.9 Å². The van der Waals surface area contributed by atoms with E-state index in [9.17, 15) is 19.2 Å². The molecule has 170 valence electrons. The van der Waals surface area contributed by atoms with E-state index in [-0.39, 0.29) is 30.6 Å². The lowest BCUT2D eigenvalue weighted by atomic mass is 10.0. The normalized spacial score (nSPS) is 20.0. The van der Waals surface area contributed by atoms with Crippen molar-refractivity contribution in [1.82, 2.24) is 10.2 Å². The highest BCUT2D eigenvalue weighted by atomic mass is 16.2. The van der Waals surface area contributed by atoms with Crippen LogP contribution in [0.5, 0.6) is 0 Å². The molecule has 0 aromatic heterocycles. The zero-order valence-electron chi connectivity index (χ0n) is 18.2. The number of piperidine rings is 1. The fourth-order valence-electron chi connectivity index (χ4n) is 4.78. The third-order valence-electron chi connectivity index (χ3n) is 6.62. The van der Waals surface area contributed by atoms with Crippen LogP contribution in [0.25, 0.3) is 0 Å². The number of amides is 4. The van der Waals surface area contributed by atoms with E-state index in [1.807, 2.05) is 18.2 Å². The average molecular weight is 447 g/mol. The van der Waals surface area contributed by atoms with Crippen LogP contribution in [0.2, 0.25) is 0 Å². The van der Waals surface area contributed by atoms with Crippen LogP contribution in [0.4, 0.5) is 5.69 Å². The van der Waals surface area contributed by atoms with Gasteiger partial charge < -0.3 is 16.0 Å². The monoisotopic (exact) mass is 446 g/mol. The summed E-state index contributed by atoms with van der Waals surface area (Å²) in [4.78, 5) is 50.6. The number of nitrogens with one attached hydrogen (secondary N) is 2. The van der Waals surface area contributed by atoms with Gasteiger partial charge in [-0.05, 0) is 65.6 Å². The molecule has 0 bridgehead atoms. The molecule has 2 aromatic carbocycles. The first-order valence-electron chi connectivity index (χ1n) is 11.3. The summed E-state index contributed by atoms with van der Waals surface area (Å²) >= 11 is 0. The Morgan fingerprint density at radius 3 is 2.64 bits per heavy atom. The van der Waals surface area contributed by atoms with Crippen LogP contribution >= 0.6 is 0 Å². The van der Waals surface area contributed by atoms with Crippen LogP contribution < -0.4 is 16.4 Å². The first-order chi connectivity index (χ1) is 15.9. The van der Waals surface area contributed by atoms with Crippen molar-refractivity contribution in [2.75, 3.05) is 5.32 Å². The second kappa shape index (κ2) is 8.44. The molecule has 0 radical (unpaired) electrons. The summed E-state index contributed by atoms with van der Waals surface area (Å²) in [5.74, 6) is -0.516. The molecule has 2 aromatic rings. The minimum absolute atomic E-state index is 0.150. The highest BCUT2D eigenvalue weighted by Gasteiger charge is 2.39. The maximum atomic E-state index is 12.8. The molecule has 8 heteroatoms. The second-order valence-corrected chi connectivity index (χ2v) is 9.01. The van der Waals surface area contributed by atoms with Crippen molar-refractivity contribution >= 4 is 29.3 Å². The van der Waals surface area contributed by atoms with Crippen molar-refractivity contribution in [2.45, 2.75) is 57.2 Å². The number of imide groups is 1. The number of hydrogen-bond donors (Lipinski definition) is 3. The molecule has 1 saturated heterocycles. The lowest BCUT2D eigenvalue weighted by molar-refractivity contribution is -0.137. The van der Waals surface area contributed by atoms with Gasteiger partial charge >= 0.3 is 0 Å². The van der Waals surface area contributed by atoms with Gasteiger partial charge in [0.25, 0.3) is 5.91 Å². The molecule has 33 heavy (non-hydrogen) atoms. The Balaban J connectivity index is 1.25. The molecule has 4 amide bonds. The second-order valence-electron chi connectivity index (χ2n) is 9.01. The topological polar surface area (TPSA) is 122 Å². The summed E-state index contributed by atoms with van der Waals surface area (Å²) in [6, 6.07) is 10.6. The summed E-state index contributed by atoms with van der Waals surface area (Å²) in [7, 11) is 0. The molecular weight excluding hydrogens is 420 g/mol. The summed E-state index contributed by atoms with van der Waals surface area (Å²) in [5.41, 5.74) is 11.1. The number of rotatable bonds is 6. The van der Waals surface area contributed by atoms with Crippen LogP contribution in [0.15, 0.2) is 36.4 Å². The van der Waals surface area contributed by atoms with E-state index in [4.69, 9.17) is 5.73 Å². The molecule has 8 nitrogen and oxygen atoms in total. The molecule has 2 aliphatic heterocycles. The quantitative estimate of drug-likeness (QED) is 0.586. The van der Waals surface area contributed by atoms with E-state index in [0.29, 0.717) is 31.0 Å². The smallest absolute Gasteiger partial charge is 0.255 e. The zero-order valence-corrected chi connectivity index (χ0v) is 18.2. The van der Waals surface area contributed by atoms with Gasteiger partial charge in [0.05, 0.1) is 6.42 Å². The summed E-state index contributed by atoms with van der Waals surface area (Å²) < 4.78 is 0. The van der Waals surface area contributed by atoms with Gasteiger partial charge in [0, 0.05) is 30.8 Å². The molecular formula is C25H26N4O4. The predicted octanol–water partition coefficient (Wildman–Crippen LogP) is 1.96. The van der Waals surface area contributed by atoms with Gasteiger partial charge in [-0.3, -0.25) is 24.5 Å². The molecule has 5 rings (SSSR count). The maximum Gasteiger partial charge on any atom is 0.255 e. The number of hydrogen-bond acceptors (Lipinski definition) is 5. The van der Waals surface area contributed by atoms with E-state index >= 15 is 0 Å². The molecule has 1 aliphatic carbocycles. The Morgan fingerprint density at radius 2 is 1.91 bits per heavy atom.